The van der Waals surface area contributed by atoms with Crippen LogP contribution in [0.2, 0.25) is 0 Å². The van der Waals surface area contributed by atoms with Crippen molar-refractivity contribution in [3.63, 3.8) is 0 Å². The van der Waals surface area contributed by atoms with E-state index in [2.05, 4.69) is 14.6 Å². The topological polar surface area (TPSA) is 38.3 Å². The van der Waals surface area contributed by atoms with Crippen molar-refractivity contribution >= 4 is 20.5 Å². The molecule has 1 fully saturated rings. The minimum atomic E-state index is -0.271. The summed E-state index contributed by atoms with van der Waals surface area (Å²) in [5, 5.41) is 3.28. The van der Waals surface area contributed by atoms with E-state index in [1.165, 1.54) is 6.07 Å². The van der Waals surface area contributed by atoms with Crippen LogP contribution in [-0.4, -0.2) is 19.1 Å². The maximum Gasteiger partial charge on any atom is 0.246 e. The summed E-state index contributed by atoms with van der Waals surface area (Å²) < 4.78 is 18.1. The van der Waals surface area contributed by atoms with Crippen LogP contribution in [0, 0.1) is 5.82 Å². The Morgan fingerprint density at radius 3 is 2.76 bits per heavy atom. The first kappa shape index (κ1) is 14.1. The van der Waals surface area contributed by atoms with E-state index in [-0.39, 0.29) is 24.4 Å². The quantitative estimate of drug-likeness (QED) is 0.775. The fourth-order valence-electron chi connectivity index (χ4n) is 1.51. The molecule has 2 atom stereocenters. The Bertz CT molecular complexity index is 398. The molecule has 1 heterocycles. The largest absolute Gasteiger partial charge is 0.369 e. The van der Waals surface area contributed by atoms with Gasteiger partial charge < -0.3 is 10.1 Å². The van der Waals surface area contributed by atoms with Gasteiger partial charge in [-0.05, 0) is 17.7 Å². The molecule has 5 heteroatoms. The van der Waals surface area contributed by atoms with Gasteiger partial charge in [0, 0.05) is 5.30 Å². The Kier molecular flexibility index (Phi) is 5.52. The lowest BCUT2D eigenvalue weighted by atomic mass is 10.1. The molecule has 94 valence electrons. The van der Waals surface area contributed by atoms with Crippen molar-refractivity contribution in [2.24, 2.45) is 0 Å². The predicted octanol–water partition coefficient (Wildman–Crippen LogP) is 1.54. The molecule has 2 rings (SSSR count). The number of carbonyl (C=O) groups excluding carboxylic acids is 1. The molecule has 1 aromatic carbocycles. The minimum absolute atomic E-state index is 0.103. The van der Waals surface area contributed by atoms with Crippen molar-refractivity contribution in [3.05, 3.63) is 29.6 Å². The Morgan fingerprint density at radius 2 is 2.18 bits per heavy atom. The molecular formula is C12H17FNO2P. The lowest BCUT2D eigenvalue weighted by Crippen LogP contribution is -2.39. The van der Waals surface area contributed by atoms with Crippen molar-refractivity contribution in [1.29, 1.82) is 0 Å². The average molecular weight is 257 g/mol. The van der Waals surface area contributed by atoms with E-state index in [0.29, 0.717) is 11.9 Å². The van der Waals surface area contributed by atoms with Gasteiger partial charge in [0.25, 0.3) is 0 Å². The highest BCUT2D eigenvalue weighted by atomic mass is 31.0. The van der Waals surface area contributed by atoms with Crippen LogP contribution in [0.5, 0.6) is 0 Å². The molecule has 0 aromatic heterocycles. The zero-order valence-corrected chi connectivity index (χ0v) is 11.2. The normalized spacial score (nSPS) is 19.1. The molecule has 1 aliphatic rings. The number of carbonyl (C=O) groups is 1. The van der Waals surface area contributed by atoms with Crippen molar-refractivity contribution in [2.45, 2.75) is 19.9 Å². The van der Waals surface area contributed by atoms with Crippen LogP contribution in [0.15, 0.2) is 18.2 Å². The molecule has 1 saturated heterocycles. The zero-order chi connectivity index (χ0) is 12.8. The highest BCUT2D eigenvalue weighted by Gasteiger charge is 2.20. The monoisotopic (exact) mass is 257 g/mol. The van der Waals surface area contributed by atoms with Crippen LogP contribution in [0.4, 0.5) is 4.39 Å². The number of rotatable bonds is 1. The number of morpholine rings is 1. The van der Waals surface area contributed by atoms with E-state index in [9.17, 15) is 9.18 Å². The Morgan fingerprint density at radius 1 is 1.47 bits per heavy atom. The first-order chi connectivity index (χ1) is 8.16. The maximum atomic E-state index is 13.0. The van der Waals surface area contributed by atoms with Gasteiger partial charge in [0.2, 0.25) is 5.91 Å². The fourth-order valence-corrected chi connectivity index (χ4v) is 1.79. The number of hydrogen-bond donors (Lipinski definition) is 1. The van der Waals surface area contributed by atoms with Crippen LogP contribution >= 0.6 is 9.24 Å². The van der Waals surface area contributed by atoms with E-state index in [1.54, 1.807) is 12.1 Å². The third-order valence-electron chi connectivity index (χ3n) is 2.28. The molecule has 0 spiro atoms. The summed E-state index contributed by atoms with van der Waals surface area (Å²) in [6, 6.07) is 4.56. The van der Waals surface area contributed by atoms with Gasteiger partial charge in [0.05, 0.1) is 12.6 Å². The number of benzene rings is 1. The van der Waals surface area contributed by atoms with Gasteiger partial charge >= 0.3 is 0 Å². The molecule has 0 radical (unpaired) electrons. The van der Waals surface area contributed by atoms with Gasteiger partial charge in [-0.25, -0.2) is 4.39 Å². The lowest BCUT2D eigenvalue weighted by molar-refractivity contribution is -0.131. The maximum absolute atomic E-state index is 13.0. The second-order valence-electron chi connectivity index (χ2n) is 3.42. The Hall–Kier alpha value is -0.990. The van der Waals surface area contributed by atoms with Crippen LogP contribution in [0.1, 0.15) is 25.5 Å². The van der Waals surface area contributed by atoms with Gasteiger partial charge in [-0.3, -0.25) is 4.79 Å². The smallest absolute Gasteiger partial charge is 0.246 e. The SMILES string of the molecule is CC.O=C1COCC(c2ccc(F)c(P)c2)N1. The van der Waals surface area contributed by atoms with Gasteiger partial charge in [-0.15, -0.1) is 9.24 Å². The third-order valence-corrected chi connectivity index (χ3v) is 2.72. The summed E-state index contributed by atoms with van der Waals surface area (Å²) in [5.74, 6) is -0.410. The molecule has 0 bridgehead atoms. The van der Waals surface area contributed by atoms with Crippen LogP contribution in [-0.2, 0) is 9.53 Å². The van der Waals surface area contributed by atoms with E-state index >= 15 is 0 Å². The highest BCUT2D eigenvalue weighted by Crippen LogP contribution is 2.16. The zero-order valence-electron chi connectivity index (χ0n) is 10.00. The molecule has 1 N–H and O–H groups in total. The summed E-state index contributed by atoms with van der Waals surface area (Å²) >= 11 is 0. The summed E-state index contributed by atoms with van der Waals surface area (Å²) in [5.41, 5.74) is 0.856. The van der Waals surface area contributed by atoms with Crippen molar-refractivity contribution < 1.29 is 13.9 Å². The molecular weight excluding hydrogens is 240 g/mol. The minimum Gasteiger partial charge on any atom is -0.369 e. The van der Waals surface area contributed by atoms with Gasteiger partial charge in [-0.2, -0.15) is 0 Å². The number of ether oxygens (including phenoxy) is 1. The van der Waals surface area contributed by atoms with E-state index < -0.39 is 0 Å². The number of nitrogens with one attached hydrogen (secondary N) is 1. The predicted molar refractivity (Wildman–Crippen MR) is 68.8 cm³/mol. The third kappa shape index (κ3) is 3.76. The van der Waals surface area contributed by atoms with Crippen molar-refractivity contribution in [3.8, 4) is 0 Å². The van der Waals surface area contributed by atoms with Crippen LogP contribution < -0.4 is 10.6 Å². The molecule has 1 amide bonds. The molecule has 0 saturated carbocycles. The molecule has 1 aromatic rings. The first-order valence-corrected chi connectivity index (χ1v) is 6.16. The number of hydrogen-bond acceptors (Lipinski definition) is 2. The molecule has 17 heavy (non-hydrogen) atoms. The standard InChI is InChI=1S/C10H11FNO2P.C2H6/c11-7-2-1-6(3-9(7)15)8-4-14-5-10(13)12-8;1-2/h1-3,8H,4-5,15H2,(H,12,13);1-2H3. The summed E-state index contributed by atoms with van der Waals surface area (Å²) in [7, 11) is 2.32. The van der Waals surface area contributed by atoms with E-state index in [1.807, 2.05) is 13.8 Å². The molecule has 2 unspecified atom stereocenters. The summed E-state index contributed by atoms with van der Waals surface area (Å²) in [6.07, 6.45) is 0. The summed E-state index contributed by atoms with van der Waals surface area (Å²) in [6.45, 7) is 4.53. The van der Waals surface area contributed by atoms with Crippen molar-refractivity contribution in [1.82, 2.24) is 5.32 Å². The van der Waals surface area contributed by atoms with Crippen LogP contribution in [0.3, 0.4) is 0 Å². The highest BCUT2D eigenvalue weighted by molar-refractivity contribution is 7.27. The Labute approximate surface area is 103 Å². The second kappa shape index (κ2) is 6.67. The first-order valence-electron chi connectivity index (χ1n) is 5.59. The molecule has 1 aliphatic heterocycles. The summed E-state index contributed by atoms with van der Waals surface area (Å²) in [4.78, 5) is 11.1. The lowest BCUT2D eigenvalue weighted by Gasteiger charge is -2.24. The van der Waals surface area contributed by atoms with Crippen LogP contribution in [0.25, 0.3) is 0 Å². The number of halogens is 1. The Balaban J connectivity index is 0.000000686. The van der Waals surface area contributed by atoms with E-state index in [4.69, 9.17) is 4.74 Å². The van der Waals surface area contributed by atoms with Gasteiger partial charge in [0.15, 0.2) is 0 Å². The van der Waals surface area contributed by atoms with Gasteiger partial charge in [-0.1, -0.05) is 19.9 Å². The second-order valence-corrected chi connectivity index (χ2v) is 4.04. The molecule has 3 nitrogen and oxygen atoms in total. The average Bonchev–Trinajstić information content (AvgIpc) is 2.35. The number of amides is 1. The van der Waals surface area contributed by atoms with E-state index in [0.717, 1.165) is 5.56 Å². The van der Waals surface area contributed by atoms with Gasteiger partial charge in [0.1, 0.15) is 12.4 Å². The van der Waals surface area contributed by atoms with Crippen molar-refractivity contribution in [2.75, 3.05) is 13.2 Å². The molecule has 0 aliphatic carbocycles. The fraction of sp³-hybridized carbons (Fsp3) is 0.417.